The predicted octanol–water partition coefficient (Wildman–Crippen LogP) is 8.07. The van der Waals surface area contributed by atoms with Crippen molar-refractivity contribution in [3.8, 4) is 0 Å². The molecule has 4 aromatic carbocycles. The van der Waals surface area contributed by atoms with Gasteiger partial charge in [0.2, 0.25) is 11.8 Å². The zero-order valence-corrected chi connectivity index (χ0v) is 36.2. The average Bonchev–Trinajstić information content (AvgIpc) is 3.59. The number of amides is 4. The van der Waals surface area contributed by atoms with Crippen LogP contribution in [0.25, 0.3) is 0 Å². The highest BCUT2D eigenvalue weighted by Crippen LogP contribution is 2.39. The van der Waals surface area contributed by atoms with Gasteiger partial charge in [0.05, 0.1) is 13.1 Å². The topological polar surface area (TPSA) is 123 Å². The lowest BCUT2D eigenvalue weighted by molar-refractivity contribution is -0.122. The summed E-state index contributed by atoms with van der Waals surface area (Å²) in [6.45, 7) is 1.69. The first kappa shape index (κ1) is 43.9. The summed E-state index contributed by atoms with van der Waals surface area (Å²) < 4.78 is 0. The van der Waals surface area contributed by atoms with Crippen molar-refractivity contribution in [2.75, 3.05) is 13.1 Å². The van der Waals surface area contributed by atoms with Gasteiger partial charge in [-0.3, -0.25) is 29.0 Å². The molecule has 4 N–H and O–H groups in total. The molecule has 0 aromatic heterocycles. The van der Waals surface area contributed by atoms with Crippen molar-refractivity contribution in [3.63, 3.8) is 0 Å². The minimum absolute atomic E-state index is 0.0229. The highest BCUT2D eigenvalue weighted by atomic mass is 35.5. The Morgan fingerprint density at radius 3 is 1.42 bits per heavy atom. The molecule has 4 bridgehead atoms. The van der Waals surface area contributed by atoms with Crippen molar-refractivity contribution >= 4 is 70.0 Å². The van der Waals surface area contributed by atoms with E-state index in [0.29, 0.717) is 55.4 Å². The summed E-state index contributed by atoms with van der Waals surface area (Å²) in [7, 11) is 0. The Morgan fingerprint density at radius 1 is 0.517 bits per heavy atom. The maximum Gasteiger partial charge on any atom is 0.251 e. The number of nitrogens with zero attached hydrogens (tertiary/aromatic N) is 2. The third-order valence-electron chi connectivity index (χ3n) is 12.1. The Morgan fingerprint density at radius 2 is 0.967 bits per heavy atom. The molecule has 0 saturated carbocycles. The lowest BCUT2D eigenvalue weighted by Gasteiger charge is -2.39. The van der Waals surface area contributed by atoms with Crippen LogP contribution in [0.5, 0.6) is 0 Å². The van der Waals surface area contributed by atoms with Crippen LogP contribution in [0.2, 0.25) is 20.1 Å². The number of rotatable bonds is 12. The van der Waals surface area contributed by atoms with E-state index in [2.05, 4.69) is 55.3 Å². The monoisotopic (exact) mass is 890 g/mol. The van der Waals surface area contributed by atoms with Crippen LogP contribution in [-0.4, -0.2) is 82.8 Å². The highest BCUT2D eigenvalue weighted by molar-refractivity contribution is 6.35. The summed E-state index contributed by atoms with van der Waals surface area (Å²) in [6.07, 6.45) is 8.35. The third kappa shape index (κ3) is 11.8. The number of fused-ring (bicyclic) bond motifs is 4. The second-order valence-corrected chi connectivity index (χ2v) is 17.9. The van der Waals surface area contributed by atoms with Crippen LogP contribution in [0.3, 0.4) is 0 Å². The van der Waals surface area contributed by atoms with Crippen LogP contribution in [0, 0.1) is 0 Å². The van der Waals surface area contributed by atoms with E-state index >= 15 is 0 Å². The summed E-state index contributed by atoms with van der Waals surface area (Å²) in [4.78, 5) is 54.2. The zero-order chi connectivity index (χ0) is 42.2. The number of benzene rings is 4. The molecule has 0 spiro atoms. The van der Waals surface area contributed by atoms with Gasteiger partial charge in [-0.05, 0) is 111 Å². The van der Waals surface area contributed by atoms with E-state index in [0.717, 1.165) is 57.2 Å². The van der Waals surface area contributed by atoms with Gasteiger partial charge in [0, 0.05) is 80.6 Å². The van der Waals surface area contributed by atoms with E-state index in [9.17, 15) is 19.2 Å². The molecule has 0 radical (unpaired) electrons. The Labute approximate surface area is 371 Å². The lowest BCUT2D eigenvalue weighted by Crippen LogP contribution is -2.51. The van der Waals surface area contributed by atoms with Crippen molar-refractivity contribution < 1.29 is 19.2 Å². The highest BCUT2D eigenvalue weighted by Gasteiger charge is 2.42. The summed E-state index contributed by atoms with van der Waals surface area (Å²) in [6, 6.07) is 31.7. The molecular formula is C46H50Cl4N6O4. The van der Waals surface area contributed by atoms with Crippen molar-refractivity contribution in [1.82, 2.24) is 31.1 Å². The van der Waals surface area contributed by atoms with Crippen LogP contribution in [-0.2, 0) is 22.7 Å². The van der Waals surface area contributed by atoms with E-state index in [4.69, 9.17) is 46.4 Å². The quantitative estimate of drug-likeness (QED) is 0.114. The van der Waals surface area contributed by atoms with Crippen molar-refractivity contribution in [2.45, 2.75) is 101 Å². The molecule has 4 heterocycles. The van der Waals surface area contributed by atoms with Crippen LogP contribution >= 0.6 is 46.4 Å². The first-order valence-electron chi connectivity index (χ1n) is 20.6. The van der Waals surface area contributed by atoms with E-state index in [-0.39, 0.29) is 48.8 Å². The minimum Gasteiger partial charge on any atom is -0.352 e. The Hall–Kier alpha value is -4.16. The molecule has 4 unspecified atom stereocenters. The normalized spacial score (nSPS) is 23.2. The number of halogens is 4. The standard InChI is InChI=1S/C23H24Cl3N3O2.C23H26ClN3O2/c24-16-3-1-2-14(8-16)23(31)27-12-22(30)28-18-10-19-6-7-20(11-18)29(19)13-15-4-5-17(25)9-21(15)26;24-18-8-4-7-17(11-18)23(29)25-14-22(28)26-19-12-20-9-10-21(13-19)27(20)15-16-5-2-1-3-6-16/h1-5,8-9,18-20H,6-7,10-13H2,(H,27,31)(H,28,30);1-8,11,19-21H,9-10,12-15H2,(H,25,29)(H,26,28). The summed E-state index contributed by atoms with van der Waals surface area (Å²) in [5, 5.41) is 13.9. The number of hydrogen-bond acceptors (Lipinski definition) is 6. The van der Waals surface area contributed by atoms with Gasteiger partial charge in [0.15, 0.2) is 0 Å². The van der Waals surface area contributed by atoms with Crippen molar-refractivity contribution in [2.24, 2.45) is 0 Å². The Kier molecular flexibility index (Phi) is 15.1. The van der Waals surface area contributed by atoms with Crippen LogP contribution in [0.1, 0.15) is 83.2 Å². The Bertz CT molecular complexity index is 2130. The molecular weight excluding hydrogens is 842 g/mol. The molecule has 4 saturated heterocycles. The fraction of sp³-hybridized carbons (Fsp3) is 0.391. The second kappa shape index (κ2) is 20.6. The summed E-state index contributed by atoms with van der Waals surface area (Å²) in [5.41, 5.74) is 3.31. The largest absolute Gasteiger partial charge is 0.352 e. The molecule has 0 aliphatic carbocycles. The van der Waals surface area contributed by atoms with Crippen molar-refractivity contribution in [1.29, 1.82) is 0 Å². The fourth-order valence-electron chi connectivity index (χ4n) is 9.28. The van der Waals surface area contributed by atoms with Gasteiger partial charge in [0.1, 0.15) is 0 Å². The molecule has 4 aliphatic rings. The molecule has 4 atom stereocenters. The van der Waals surface area contributed by atoms with Gasteiger partial charge in [0.25, 0.3) is 11.8 Å². The SMILES string of the molecule is O=C(CNC(=O)c1cccc(Cl)c1)NC1CC2CCC(C1)N2Cc1ccc(Cl)cc1Cl.O=C(CNC(=O)c1cccc(Cl)c1)NC1CC2CCC(C1)N2Cc1ccccc1. The third-order valence-corrected chi connectivity index (χ3v) is 13.1. The van der Waals surface area contributed by atoms with Gasteiger partial charge in [-0.15, -0.1) is 0 Å². The number of nitrogens with one attached hydrogen (secondary N) is 4. The molecule has 4 amide bonds. The molecule has 4 fully saturated rings. The summed E-state index contributed by atoms with van der Waals surface area (Å²) >= 11 is 24.2. The second-order valence-electron chi connectivity index (χ2n) is 16.2. The van der Waals surface area contributed by atoms with E-state index in [1.165, 1.54) is 18.4 Å². The predicted molar refractivity (Wildman–Crippen MR) is 238 cm³/mol. The number of carbonyl (C=O) groups excluding carboxylic acids is 4. The molecule has 60 heavy (non-hydrogen) atoms. The van der Waals surface area contributed by atoms with Crippen LogP contribution in [0.15, 0.2) is 97.1 Å². The Balaban J connectivity index is 0.000000182. The lowest BCUT2D eigenvalue weighted by atomic mass is 9.96. The van der Waals surface area contributed by atoms with E-state index in [1.807, 2.05) is 18.2 Å². The summed E-state index contributed by atoms with van der Waals surface area (Å²) in [5.74, 6) is -0.914. The first-order chi connectivity index (χ1) is 29.0. The smallest absolute Gasteiger partial charge is 0.251 e. The minimum atomic E-state index is -0.313. The van der Waals surface area contributed by atoms with Gasteiger partial charge in [-0.2, -0.15) is 0 Å². The van der Waals surface area contributed by atoms with E-state index in [1.54, 1.807) is 54.6 Å². The van der Waals surface area contributed by atoms with Gasteiger partial charge < -0.3 is 21.3 Å². The van der Waals surface area contributed by atoms with Crippen LogP contribution < -0.4 is 21.3 Å². The maximum atomic E-state index is 12.4. The molecule has 10 nitrogen and oxygen atoms in total. The molecule has 4 aliphatic heterocycles. The number of piperidine rings is 2. The van der Waals surface area contributed by atoms with Gasteiger partial charge >= 0.3 is 0 Å². The van der Waals surface area contributed by atoms with Crippen LogP contribution in [0.4, 0.5) is 0 Å². The molecule has 14 heteroatoms. The van der Waals surface area contributed by atoms with Gasteiger partial charge in [-0.1, -0.05) is 94.9 Å². The van der Waals surface area contributed by atoms with E-state index < -0.39 is 0 Å². The van der Waals surface area contributed by atoms with Crippen molar-refractivity contribution in [3.05, 3.63) is 139 Å². The first-order valence-corrected chi connectivity index (χ1v) is 22.1. The fourth-order valence-corrected chi connectivity index (χ4v) is 10.1. The molecule has 8 rings (SSSR count). The molecule has 4 aromatic rings. The zero-order valence-electron chi connectivity index (χ0n) is 33.2. The number of carbonyl (C=O) groups is 4. The molecule has 316 valence electrons. The number of hydrogen-bond donors (Lipinski definition) is 4. The van der Waals surface area contributed by atoms with Gasteiger partial charge in [-0.25, -0.2) is 0 Å². The maximum absolute atomic E-state index is 12.4. The average molecular weight is 893 g/mol.